The molecule has 0 bridgehead atoms. The number of carbonyl (C=O) groups excluding carboxylic acids is 1. The highest BCUT2D eigenvalue weighted by Gasteiger charge is 2.22. The normalized spacial score (nSPS) is 14.1. The summed E-state index contributed by atoms with van der Waals surface area (Å²) in [7, 11) is 0. The molecule has 1 aromatic heterocycles. The van der Waals surface area contributed by atoms with Crippen molar-refractivity contribution in [2.75, 3.05) is 36.8 Å². The van der Waals surface area contributed by atoms with Crippen LogP contribution < -0.4 is 10.5 Å². The van der Waals surface area contributed by atoms with Crippen molar-refractivity contribution in [1.82, 2.24) is 14.5 Å². The van der Waals surface area contributed by atoms with E-state index in [1.807, 2.05) is 29.2 Å². The average Bonchev–Trinajstić information content (AvgIpc) is 2.80. The Morgan fingerprint density at radius 1 is 1.09 bits per heavy atom. The number of thioether (sulfide) groups is 1. The van der Waals surface area contributed by atoms with Gasteiger partial charge in [0.1, 0.15) is 0 Å². The second-order valence-electron chi connectivity index (χ2n) is 7.40. The second kappa shape index (κ2) is 9.98. The third-order valence-electron chi connectivity index (χ3n) is 5.32. The number of rotatable bonds is 6. The Kier molecular flexibility index (Phi) is 7.08. The van der Waals surface area contributed by atoms with Gasteiger partial charge < -0.3 is 9.80 Å². The number of allylic oxidation sites excluding steroid dienone is 1. The van der Waals surface area contributed by atoms with Crippen LogP contribution in [0.25, 0.3) is 10.9 Å². The number of amides is 1. The van der Waals surface area contributed by atoms with Crippen LogP contribution in [0, 0.1) is 0 Å². The molecule has 9 heteroatoms. The van der Waals surface area contributed by atoms with E-state index in [9.17, 15) is 9.59 Å². The zero-order valence-corrected chi connectivity index (χ0v) is 19.7. The van der Waals surface area contributed by atoms with E-state index in [0.29, 0.717) is 45.7 Å². The third kappa shape index (κ3) is 4.95. The first-order chi connectivity index (χ1) is 15.5. The molecule has 0 radical (unpaired) electrons. The smallest absolute Gasteiger partial charge is 0.262 e. The molecule has 2 heterocycles. The van der Waals surface area contributed by atoms with Gasteiger partial charge >= 0.3 is 0 Å². The van der Waals surface area contributed by atoms with Crippen molar-refractivity contribution in [2.45, 2.75) is 11.7 Å². The Bertz CT molecular complexity index is 1220. The molecule has 1 saturated heterocycles. The summed E-state index contributed by atoms with van der Waals surface area (Å²) in [6, 6.07) is 12.8. The highest BCUT2D eigenvalue weighted by molar-refractivity contribution is 7.99. The number of fused-ring (bicyclic) bond motifs is 1. The summed E-state index contributed by atoms with van der Waals surface area (Å²) in [6.07, 6.45) is 1.64. The molecule has 1 aliphatic rings. The molecule has 1 amide bonds. The fourth-order valence-electron chi connectivity index (χ4n) is 3.68. The molecule has 0 atom stereocenters. The van der Waals surface area contributed by atoms with Crippen molar-refractivity contribution >= 4 is 57.5 Å². The SMILES string of the molecule is C=CCn1c(SCC(=O)N2CCN(c3cccc(Cl)c3)CC2)nc2ccc(Cl)cc2c1=O. The Morgan fingerprint density at radius 3 is 2.56 bits per heavy atom. The lowest BCUT2D eigenvalue weighted by molar-refractivity contribution is -0.128. The van der Waals surface area contributed by atoms with E-state index >= 15 is 0 Å². The van der Waals surface area contributed by atoms with Crippen molar-refractivity contribution in [3.8, 4) is 0 Å². The van der Waals surface area contributed by atoms with Crippen molar-refractivity contribution in [3.63, 3.8) is 0 Å². The van der Waals surface area contributed by atoms with Crippen molar-refractivity contribution in [1.29, 1.82) is 0 Å². The van der Waals surface area contributed by atoms with Crippen LogP contribution in [0.5, 0.6) is 0 Å². The Hall–Kier alpha value is -2.48. The van der Waals surface area contributed by atoms with Gasteiger partial charge in [0.15, 0.2) is 5.16 Å². The molecular weight excluding hydrogens is 467 g/mol. The van der Waals surface area contributed by atoms with E-state index in [0.717, 1.165) is 18.8 Å². The van der Waals surface area contributed by atoms with Gasteiger partial charge in [0, 0.05) is 48.5 Å². The molecule has 0 spiro atoms. The fraction of sp³-hybridized carbons (Fsp3) is 0.261. The summed E-state index contributed by atoms with van der Waals surface area (Å²) in [5, 5.41) is 2.13. The lowest BCUT2D eigenvalue weighted by atomic mass is 10.2. The number of anilines is 1. The number of hydrogen-bond acceptors (Lipinski definition) is 5. The molecule has 6 nitrogen and oxygen atoms in total. The first-order valence-corrected chi connectivity index (χ1v) is 11.9. The zero-order chi connectivity index (χ0) is 22.7. The molecule has 166 valence electrons. The highest BCUT2D eigenvalue weighted by atomic mass is 35.5. The highest BCUT2D eigenvalue weighted by Crippen LogP contribution is 2.23. The maximum Gasteiger partial charge on any atom is 0.262 e. The maximum atomic E-state index is 12.9. The number of benzene rings is 2. The topological polar surface area (TPSA) is 58.4 Å². The van der Waals surface area contributed by atoms with Gasteiger partial charge in [0.2, 0.25) is 5.91 Å². The van der Waals surface area contributed by atoms with Gasteiger partial charge in [-0.3, -0.25) is 14.2 Å². The maximum absolute atomic E-state index is 12.9. The van der Waals surface area contributed by atoms with Gasteiger partial charge in [-0.25, -0.2) is 4.98 Å². The van der Waals surface area contributed by atoms with Crippen LogP contribution in [-0.4, -0.2) is 52.3 Å². The zero-order valence-electron chi connectivity index (χ0n) is 17.3. The number of nitrogens with zero attached hydrogens (tertiary/aromatic N) is 4. The van der Waals surface area contributed by atoms with Crippen molar-refractivity contribution < 1.29 is 4.79 Å². The van der Waals surface area contributed by atoms with Crippen LogP contribution in [0.1, 0.15) is 0 Å². The quantitative estimate of drug-likeness (QED) is 0.293. The monoisotopic (exact) mass is 488 g/mol. The molecule has 3 aromatic rings. The van der Waals surface area contributed by atoms with Gasteiger partial charge in [-0.15, -0.1) is 6.58 Å². The number of aromatic nitrogens is 2. The first-order valence-electron chi connectivity index (χ1n) is 10.2. The van der Waals surface area contributed by atoms with Crippen LogP contribution in [0.2, 0.25) is 10.0 Å². The Labute approximate surface area is 200 Å². The summed E-state index contributed by atoms with van der Waals surface area (Å²) in [5.41, 5.74) is 1.43. The molecule has 32 heavy (non-hydrogen) atoms. The van der Waals surface area contributed by atoms with E-state index in [1.165, 1.54) is 16.3 Å². The third-order valence-corrected chi connectivity index (χ3v) is 6.75. The van der Waals surface area contributed by atoms with Crippen LogP contribution in [-0.2, 0) is 11.3 Å². The van der Waals surface area contributed by atoms with Gasteiger partial charge in [-0.05, 0) is 36.4 Å². The summed E-state index contributed by atoms with van der Waals surface area (Å²) in [4.78, 5) is 34.4. The molecular formula is C23H22Cl2N4O2S. The van der Waals surface area contributed by atoms with Crippen LogP contribution in [0.4, 0.5) is 5.69 Å². The minimum absolute atomic E-state index is 0.0244. The summed E-state index contributed by atoms with van der Waals surface area (Å²) < 4.78 is 1.53. The van der Waals surface area contributed by atoms with E-state index in [-0.39, 0.29) is 17.2 Å². The predicted molar refractivity (Wildman–Crippen MR) is 132 cm³/mol. The van der Waals surface area contributed by atoms with E-state index in [2.05, 4.69) is 16.5 Å². The molecule has 0 unspecified atom stereocenters. The Balaban J connectivity index is 1.44. The largest absolute Gasteiger partial charge is 0.368 e. The van der Waals surface area contributed by atoms with Gasteiger partial charge in [-0.1, -0.05) is 47.1 Å². The van der Waals surface area contributed by atoms with Gasteiger partial charge in [-0.2, -0.15) is 0 Å². The number of carbonyl (C=O) groups is 1. The molecule has 1 aliphatic heterocycles. The number of piperazine rings is 1. The first kappa shape index (κ1) is 22.7. The Morgan fingerprint density at radius 2 is 1.84 bits per heavy atom. The minimum atomic E-state index is -0.192. The lowest BCUT2D eigenvalue weighted by Crippen LogP contribution is -2.49. The van der Waals surface area contributed by atoms with Crippen molar-refractivity contribution in [3.05, 3.63) is 75.5 Å². The summed E-state index contributed by atoms with van der Waals surface area (Å²) in [6.45, 7) is 6.79. The molecule has 1 fully saturated rings. The van der Waals surface area contributed by atoms with E-state index < -0.39 is 0 Å². The van der Waals surface area contributed by atoms with Gasteiger partial charge in [0.05, 0.1) is 16.7 Å². The molecule has 2 aromatic carbocycles. The summed E-state index contributed by atoms with van der Waals surface area (Å²) in [5.74, 6) is 0.233. The number of hydrogen-bond donors (Lipinski definition) is 0. The minimum Gasteiger partial charge on any atom is -0.368 e. The predicted octanol–water partition coefficient (Wildman–Crippen LogP) is 4.33. The lowest BCUT2D eigenvalue weighted by Gasteiger charge is -2.36. The van der Waals surface area contributed by atoms with Crippen LogP contribution in [0.15, 0.2) is 65.1 Å². The van der Waals surface area contributed by atoms with E-state index in [4.69, 9.17) is 23.2 Å². The molecule has 0 saturated carbocycles. The number of halogens is 2. The average molecular weight is 489 g/mol. The van der Waals surface area contributed by atoms with Crippen molar-refractivity contribution in [2.24, 2.45) is 0 Å². The van der Waals surface area contributed by atoms with E-state index in [1.54, 1.807) is 24.3 Å². The van der Waals surface area contributed by atoms with Crippen LogP contribution in [0.3, 0.4) is 0 Å². The van der Waals surface area contributed by atoms with Crippen LogP contribution >= 0.6 is 35.0 Å². The molecule has 0 aliphatic carbocycles. The van der Waals surface area contributed by atoms with Gasteiger partial charge in [0.25, 0.3) is 5.56 Å². The fourth-order valence-corrected chi connectivity index (χ4v) is 4.95. The standard InChI is InChI=1S/C23H22Cl2N4O2S/c1-2-8-29-22(31)19-14-17(25)6-7-20(19)26-23(29)32-15-21(30)28-11-9-27(10-12-28)18-5-3-4-16(24)13-18/h2-7,13-14H,1,8-12,15H2. The second-order valence-corrected chi connectivity index (χ2v) is 9.21. The molecule has 0 N–H and O–H groups in total. The summed E-state index contributed by atoms with van der Waals surface area (Å²) >= 11 is 13.4. The molecule has 4 rings (SSSR count).